The molecule has 0 aromatic heterocycles. The molecule has 0 radical (unpaired) electrons. The van der Waals surface area contributed by atoms with Gasteiger partial charge in [-0.1, -0.05) is 6.07 Å². The molecule has 1 fully saturated rings. The van der Waals surface area contributed by atoms with Crippen molar-refractivity contribution in [1.82, 2.24) is 0 Å². The van der Waals surface area contributed by atoms with Crippen LogP contribution in [0.2, 0.25) is 0 Å². The van der Waals surface area contributed by atoms with Crippen LogP contribution in [0.1, 0.15) is 5.56 Å². The summed E-state index contributed by atoms with van der Waals surface area (Å²) in [4.78, 5) is 5.41. The summed E-state index contributed by atoms with van der Waals surface area (Å²) in [5, 5.41) is 3.13. The van der Waals surface area contributed by atoms with Crippen LogP contribution in [0.4, 0.5) is 5.69 Å². The predicted molar refractivity (Wildman–Crippen MR) is 58.3 cm³/mol. The highest BCUT2D eigenvalue weighted by Crippen LogP contribution is 2.40. The fourth-order valence-electron chi connectivity index (χ4n) is 1.88. The van der Waals surface area contributed by atoms with Gasteiger partial charge in [-0.3, -0.25) is 4.99 Å². The van der Waals surface area contributed by atoms with Gasteiger partial charge < -0.3 is 10.1 Å². The normalized spacial score (nSPS) is 21.2. The fraction of sp³-hybridized carbons (Fsp3) is 0.300. The van der Waals surface area contributed by atoms with E-state index in [0.717, 1.165) is 10.6 Å². The zero-order valence-electron chi connectivity index (χ0n) is 7.53. The van der Waals surface area contributed by atoms with E-state index in [9.17, 15) is 0 Å². The molecule has 1 aromatic rings. The lowest BCUT2D eigenvalue weighted by Crippen LogP contribution is -2.47. The number of anilines is 1. The van der Waals surface area contributed by atoms with Crippen LogP contribution in [0, 0.1) is 0 Å². The van der Waals surface area contributed by atoms with Crippen molar-refractivity contribution in [3.8, 4) is 0 Å². The molecular weight excluding hydrogens is 196 g/mol. The summed E-state index contributed by atoms with van der Waals surface area (Å²) in [6.07, 6.45) is 1.75. The van der Waals surface area contributed by atoms with E-state index in [1.54, 1.807) is 6.34 Å². The van der Waals surface area contributed by atoms with Crippen molar-refractivity contribution in [2.24, 2.45) is 4.99 Å². The second-order valence-electron chi connectivity index (χ2n) is 3.66. The summed E-state index contributed by atoms with van der Waals surface area (Å²) in [6.45, 7) is 1.37. The zero-order valence-corrected chi connectivity index (χ0v) is 8.42. The van der Waals surface area contributed by atoms with Crippen LogP contribution >= 0.6 is 12.6 Å². The molecule has 4 heteroatoms. The molecule has 72 valence electrons. The van der Waals surface area contributed by atoms with Crippen LogP contribution in [-0.4, -0.2) is 19.6 Å². The minimum absolute atomic E-state index is 0.123. The van der Waals surface area contributed by atoms with E-state index in [4.69, 9.17) is 4.74 Å². The van der Waals surface area contributed by atoms with E-state index in [2.05, 4.69) is 29.0 Å². The minimum Gasteiger partial charge on any atom is -0.375 e. The molecule has 1 N–H and O–H groups in total. The smallest absolute Gasteiger partial charge is 0.136 e. The standard InChI is InChI=1S/C10H10N2OS/c14-7-1-2-8-9(3-7)11-6-12-10(8)4-13-5-10/h1-3,6,14H,4-5H2,(H,11,12). The van der Waals surface area contributed by atoms with E-state index in [1.807, 2.05) is 12.1 Å². The van der Waals surface area contributed by atoms with Crippen molar-refractivity contribution in [3.05, 3.63) is 23.8 Å². The van der Waals surface area contributed by atoms with Gasteiger partial charge in [0.05, 0.1) is 19.6 Å². The maximum atomic E-state index is 5.24. The summed E-state index contributed by atoms with van der Waals surface area (Å²) >= 11 is 4.31. The number of nitrogens with zero attached hydrogens (tertiary/aromatic N) is 1. The molecule has 1 spiro atoms. The lowest BCUT2D eigenvalue weighted by atomic mass is 9.86. The molecule has 2 aliphatic heterocycles. The first-order valence-electron chi connectivity index (χ1n) is 4.52. The van der Waals surface area contributed by atoms with Crippen LogP contribution in [0.15, 0.2) is 28.1 Å². The molecule has 0 atom stereocenters. The van der Waals surface area contributed by atoms with Gasteiger partial charge in [0.2, 0.25) is 0 Å². The minimum atomic E-state index is -0.123. The number of fused-ring (bicyclic) bond motifs is 2. The Balaban J connectivity index is 2.15. The molecule has 0 unspecified atom stereocenters. The topological polar surface area (TPSA) is 33.6 Å². The monoisotopic (exact) mass is 206 g/mol. The largest absolute Gasteiger partial charge is 0.375 e. The van der Waals surface area contributed by atoms with Gasteiger partial charge in [0.1, 0.15) is 5.54 Å². The fourth-order valence-corrected chi connectivity index (χ4v) is 2.08. The highest BCUT2D eigenvalue weighted by Gasteiger charge is 2.42. The molecule has 3 nitrogen and oxygen atoms in total. The Morgan fingerprint density at radius 3 is 3.00 bits per heavy atom. The van der Waals surface area contributed by atoms with Crippen LogP contribution in [0.5, 0.6) is 0 Å². The summed E-state index contributed by atoms with van der Waals surface area (Å²) in [5.74, 6) is 0. The van der Waals surface area contributed by atoms with Crippen LogP contribution < -0.4 is 5.32 Å². The third-order valence-electron chi connectivity index (χ3n) is 2.72. The Hall–Kier alpha value is -1.00. The van der Waals surface area contributed by atoms with Crippen molar-refractivity contribution < 1.29 is 4.74 Å². The molecular formula is C10H10N2OS. The van der Waals surface area contributed by atoms with E-state index in [1.165, 1.54) is 5.56 Å². The van der Waals surface area contributed by atoms with Crippen molar-refractivity contribution in [2.45, 2.75) is 10.4 Å². The van der Waals surface area contributed by atoms with E-state index in [0.29, 0.717) is 13.2 Å². The average Bonchev–Trinajstić information content (AvgIpc) is 2.13. The van der Waals surface area contributed by atoms with Crippen LogP contribution in [0.25, 0.3) is 0 Å². The number of thiol groups is 1. The maximum Gasteiger partial charge on any atom is 0.136 e. The Kier molecular flexibility index (Phi) is 1.63. The van der Waals surface area contributed by atoms with Gasteiger partial charge in [-0.15, -0.1) is 12.6 Å². The predicted octanol–water partition coefficient (Wildman–Crippen LogP) is 1.65. The van der Waals surface area contributed by atoms with Gasteiger partial charge in [0.25, 0.3) is 0 Å². The number of hydrogen-bond acceptors (Lipinski definition) is 4. The number of hydrogen-bond donors (Lipinski definition) is 2. The quantitative estimate of drug-likeness (QED) is 0.633. The zero-order chi connectivity index (χ0) is 9.60. The molecule has 1 aromatic carbocycles. The van der Waals surface area contributed by atoms with E-state index < -0.39 is 0 Å². The maximum absolute atomic E-state index is 5.24. The van der Waals surface area contributed by atoms with Crippen molar-refractivity contribution in [3.63, 3.8) is 0 Å². The second kappa shape index (κ2) is 2.74. The van der Waals surface area contributed by atoms with Gasteiger partial charge in [-0.25, -0.2) is 0 Å². The third kappa shape index (κ3) is 1.01. The van der Waals surface area contributed by atoms with Crippen molar-refractivity contribution in [2.75, 3.05) is 18.5 Å². The number of rotatable bonds is 0. The van der Waals surface area contributed by atoms with Gasteiger partial charge in [0.15, 0.2) is 0 Å². The molecule has 0 aliphatic carbocycles. The van der Waals surface area contributed by atoms with Crippen LogP contribution in [-0.2, 0) is 10.3 Å². The summed E-state index contributed by atoms with van der Waals surface area (Å²) in [6, 6.07) is 6.08. The molecule has 1 saturated heterocycles. The van der Waals surface area contributed by atoms with Gasteiger partial charge in [0, 0.05) is 16.1 Å². The third-order valence-corrected chi connectivity index (χ3v) is 3.00. The molecule has 14 heavy (non-hydrogen) atoms. The Bertz CT molecular complexity index is 413. The molecule has 3 rings (SSSR count). The first-order chi connectivity index (χ1) is 6.80. The molecule has 2 aliphatic rings. The first kappa shape index (κ1) is 8.32. The highest BCUT2D eigenvalue weighted by molar-refractivity contribution is 7.80. The summed E-state index contributed by atoms with van der Waals surface area (Å²) < 4.78 is 5.24. The summed E-state index contributed by atoms with van der Waals surface area (Å²) in [7, 11) is 0. The summed E-state index contributed by atoms with van der Waals surface area (Å²) in [5.41, 5.74) is 2.18. The molecule has 0 amide bonds. The number of benzene rings is 1. The van der Waals surface area contributed by atoms with Gasteiger partial charge in [-0.2, -0.15) is 0 Å². The SMILES string of the molecule is Sc1ccc2c(c1)NC=NC21COC1. The number of aliphatic imine (C=N–C) groups is 1. The second-order valence-corrected chi connectivity index (χ2v) is 4.17. The molecule has 2 heterocycles. The van der Waals surface area contributed by atoms with Crippen molar-refractivity contribution >= 4 is 24.7 Å². The van der Waals surface area contributed by atoms with Gasteiger partial charge >= 0.3 is 0 Å². The Morgan fingerprint density at radius 1 is 1.43 bits per heavy atom. The number of ether oxygens (including phenoxy) is 1. The van der Waals surface area contributed by atoms with Crippen LogP contribution in [0.3, 0.4) is 0 Å². The lowest BCUT2D eigenvalue weighted by Gasteiger charge is -2.41. The Labute approximate surface area is 87.6 Å². The van der Waals surface area contributed by atoms with E-state index >= 15 is 0 Å². The first-order valence-corrected chi connectivity index (χ1v) is 4.96. The van der Waals surface area contributed by atoms with Crippen molar-refractivity contribution in [1.29, 1.82) is 0 Å². The van der Waals surface area contributed by atoms with Gasteiger partial charge in [-0.05, 0) is 12.1 Å². The highest BCUT2D eigenvalue weighted by atomic mass is 32.1. The average molecular weight is 206 g/mol. The Morgan fingerprint density at radius 2 is 2.29 bits per heavy atom. The molecule has 0 saturated carbocycles. The van der Waals surface area contributed by atoms with E-state index in [-0.39, 0.29) is 5.54 Å². The number of nitrogens with one attached hydrogen (secondary N) is 1. The molecule has 0 bridgehead atoms. The lowest BCUT2D eigenvalue weighted by molar-refractivity contribution is -0.0552.